The molecule has 1 aromatic carbocycles. The Labute approximate surface area is 96.9 Å². The minimum atomic E-state index is -0.201. The molecule has 1 aromatic rings. The fourth-order valence-corrected chi connectivity index (χ4v) is 3.34. The summed E-state index contributed by atoms with van der Waals surface area (Å²) in [4.78, 5) is 2.24. The van der Waals surface area contributed by atoms with Crippen LogP contribution in [0.2, 0.25) is 0 Å². The Hall–Kier alpha value is -0.860. The van der Waals surface area contributed by atoms with Crippen LogP contribution in [-0.2, 0) is 6.54 Å². The average Bonchev–Trinajstić information content (AvgIpc) is 2.86. The van der Waals surface area contributed by atoms with Gasteiger partial charge in [0.25, 0.3) is 0 Å². The van der Waals surface area contributed by atoms with Crippen molar-refractivity contribution in [3.63, 3.8) is 0 Å². The van der Waals surface area contributed by atoms with Gasteiger partial charge < -0.3 is 5.11 Å². The van der Waals surface area contributed by atoms with E-state index >= 15 is 0 Å². The molecule has 0 bridgehead atoms. The van der Waals surface area contributed by atoms with Gasteiger partial charge in [0.1, 0.15) is 6.23 Å². The lowest BCUT2D eigenvalue weighted by molar-refractivity contribution is 0.00180. The fraction of sp³-hybridized carbons (Fsp3) is 0.571. The third kappa shape index (κ3) is 1.76. The Bertz CT molecular complexity index is 351. The van der Waals surface area contributed by atoms with Crippen LogP contribution in [0.5, 0.6) is 0 Å². The van der Waals surface area contributed by atoms with E-state index in [0.29, 0.717) is 5.92 Å². The molecule has 1 unspecified atom stereocenters. The van der Waals surface area contributed by atoms with E-state index in [9.17, 15) is 5.11 Å². The first-order valence-corrected chi connectivity index (χ1v) is 6.30. The van der Waals surface area contributed by atoms with Crippen molar-refractivity contribution < 1.29 is 5.11 Å². The van der Waals surface area contributed by atoms with Crippen LogP contribution in [0.25, 0.3) is 0 Å². The van der Waals surface area contributed by atoms with Crippen LogP contribution in [-0.4, -0.2) is 22.8 Å². The summed E-state index contributed by atoms with van der Waals surface area (Å²) in [6, 6.07) is 10.5. The highest BCUT2D eigenvalue weighted by molar-refractivity contribution is 5.15. The second kappa shape index (κ2) is 4.19. The number of aliphatic hydroxyl groups is 1. The molecule has 16 heavy (non-hydrogen) atoms. The van der Waals surface area contributed by atoms with Gasteiger partial charge in [-0.15, -0.1) is 0 Å². The van der Waals surface area contributed by atoms with E-state index in [1.165, 1.54) is 24.8 Å². The highest BCUT2D eigenvalue weighted by Gasteiger charge is 2.42. The van der Waals surface area contributed by atoms with Crippen molar-refractivity contribution >= 4 is 0 Å². The van der Waals surface area contributed by atoms with Crippen LogP contribution in [0.15, 0.2) is 30.3 Å². The smallest absolute Gasteiger partial charge is 0.110 e. The number of benzene rings is 1. The van der Waals surface area contributed by atoms with Gasteiger partial charge in [0, 0.05) is 19.0 Å². The lowest BCUT2D eigenvalue weighted by Crippen LogP contribution is -2.31. The van der Waals surface area contributed by atoms with Crippen LogP contribution in [0, 0.1) is 11.8 Å². The Morgan fingerprint density at radius 3 is 2.75 bits per heavy atom. The number of aliphatic hydroxyl groups excluding tert-OH is 1. The highest BCUT2D eigenvalue weighted by Crippen LogP contribution is 2.41. The van der Waals surface area contributed by atoms with E-state index in [2.05, 4.69) is 29.2 Å². The monoisotopic (exact) mass is 217 g/mol. The molecular formula is C14H19NO. The molecule has 86 valence electrons. The molecule has 2 aliphatic rings. The predicted molar refractivity (Wildman–Crippen MR) is 63.7 cm³/mol. The minimum absolute atomic E-state index is 0.201. The van der Waals surface area contributed by atoms with Gasteiger partial charge in [0.15, 0.2) is 0 Å². The highest BCUT2D eigenvalue weighted by atomic mass is 16.3. The molecule has 1 aliphatic heterocycles. The molecule has 0 aromatic heterocycles. The van der Waals surface area contributed by atoms with E-state index < -0.39 is 0 Å². The SMILES string of the molecule is OC1[C@H]2CCC[C@H]2CN1Cc1ccccc1. The van der Waals surface area contributed by atoms with Crippen molar-refractivity contribution in [2.24, 2.45) is 11.8 Å². The maximum absolute atomic E-state index is 10.2. The fourth-order valence-electron chi connectivity index (χ4n) is 3.34. The molecule has 1 saturated carbocycles. The van der Waals surface area contributed by atoms with Crippen LogP contribution in [0.3, 0.4) is 0 Å². The zero-order valence-electron chi connectivity index (χ0n) is 9.55. The molecule has 2 fully saturated rings. The molecule has 3 atom stereocenters. The number of hydrogen-bond acceptors (Lipinski definition) is 2. The predicted octanol–water partition coefficient (Wildman–Crippen LogP) is 2.24. The van der Waals surface area contributed by atoms with Gasteiger partial charge in [-0.2, -0.15) is 0 Å². The molecule has 3 rings (SSSR count). The van der Waals surface area contributed by atoms with E-state index in [4.69, 9.17) is 0 Å². The van der Waals surface area contributed by atoms with Crippen molar-refractivity contribution in [3.8, 4) is 0 Å². The molecule has 1 saturated heterocycles. The second-order valence-corrected chi connectivity index (χ2v) is 5.18. The Morgan fingerprint density at radius 2 is 2.00 bits per heavy atom. The number of rotatable bonds is 2. The Morgan fingerprint density at radius 1 is 1.19 bits per heavy atom. The number of nitrogens with zero attached hydrogens (tertiary/aromatic N) is 1. The number of likely N-dealkylation sites (tertiary alicyclic amines) is 1. The quantitative estimate of drug-likeness (QED) is 0.821. The summed E-state index contributed by atoms with van der Waals surface area (Å²) in [5.41, 5.74) is 1.31. The van der Waals surface area contributed by atoms with E-state index in [1.807, 2.05) is 6.07 Å². The van der Waals surface area contributed by atoms with Crippen LogP contribution >= 0.6 is 0 Å². The van der Waals surface area contributed by atoms with Crippen LogP contribution in [0.4, 0.5) is 0 Å². The van der Waals surface area contributed by atoms with Crippen molar-refractivity contribution in [2.45, 2.75) is 32.0 Å². The zero-order valence-corrected chi connectivity index (χ0v) is 9.55. The summed E-state index contributed by atoms with van der Waals surface area (Å²) in [5, 5.41) is 10.2. The van der Waals surface area contributed by atoms with Gasteiger partial charge in [-0.1, -0.05) is 36.8 Å². The number of hydrogen-bond donors (Lipinski definition) is 1. The van der Waals surface area contributed by atoms with Crippen LogP contribution in [0.1, 0.15) is 24.8 Å². The normalized spacial score (nSPS) is 34.2. The van der Waals surface area contributed by atoms with E-state index in [1.54, 1.807) is 0 Å². The zero-order chi connectivity index (χ0) is 11.0. The summed E-state index contributed by atoms with van der Waals surface area (Å²) in [5.74, 6) is 1.29. The summed E-state index contributed by atoms with van der Waals surface area (Å²) < 4.78 is 0. The van der Waals surface area contributed by atoms with Gasteiger partial charge in [-0.05, 0) is 24.3 Å². The van der Waals surface area contributed by atoms with E-state index in [0.717, 1.165) is 19.0 Å². The maximum atomic E-state index is 10.2. The van der Waals surface area contributed by atoms with Crippen molar-refractivity contribution in [1.29, 1.82) is 0 Å². The van der Waals surface area contributed by atoms with Crippen molar-refractivity contribution in [1.82, 2.24) is 4.90 Å². The molecule has 0 spiro atoms. The topological polar surface area (TPSA) is 23.5 Å². The lowest BCUT2D eigenvalue weighted by Gasteiger charge is -2.22. The lowest BCUT2D eigenvalue weighted by atomic mass is 10.00. The Kier molecular flexibility index (Phi) is 2.70. The first-order valence-electron chi connectivity index (χ1n) is 6.30. The largest absolute Gasteiger partial charge is 0.378 e. The average molecular weight is 217 g/mol. The molecular weight excluding hydrogens is 198 g/mol. The van der Waals surface area contributed by atoms with Crippen molar-refractivity contribution in [2.75, 3.05) is 6.54 Å². The van der Waals surface area contributed by atoms with Gasteiger partial charge >= 0.3 is 0 Å². The summed E-state index contributed by atoms with van der Waals surface area (Å²) in [6.45, 7) is 1.98. The molecule has 2 nitrogen and oxygen atoms in total. The van der Waals surface area contributed by atoms with Gasteiger partial charge in [0.2, 0.25) is 0 Å². The second-order valence-electron chi connectivity index (χ2n) is 5.18. The molecule has 1 N–H and O–H groups in total. The molecule has 0 amide bonds. The van der Waals surface area contributed by atoms with Gasteiger partial charge in [-0.3, -0.25) is 4.90 Å². The van der Waals surface area contributed by atoms with Crippen LogP contribution < -0.4 is 0 Å². The third-order valence-corrected chi connectivity index (χ3v) is 4.17. The first-order chi connectivity index (χ1) is 7.84. The maximum Gasteiger partial charge on any atom is 0.110 e. The standard InChI is InChI=1S/C14H19NO/c16-14-13-8-4-7-12(13)10-15(14)9-11-5-2-1-3-6-11/h1-3,5-6,12-14,16H,4,7-10H2/t12-,13-,14?/m0/s1. The summed E-state index contributed by atoms with van der Waals surface area (Å²) in [6.07, 6.45) is 3.64. The molecule has 2 heteroatoms. The van der Waals surface area contributed by atoms with E-state index in [-0.39, 0.29) is 6.23 Å². The van der Waals surface area contributed by atoms with Crippen molar-refractivity contribution in [3.05, 3.63) is 35.9 Å². The Balaban J connectivity index is 1.69. The molecule has 1 heterocycles. The third-order valence-electron chi connectivity index (χ3n) is 4.17. The first kappa shape index (κ1) is 10.3. The summed E-state index contributed by atoms with van der Waals surface area (Å²) in [7, 11) is 0. The van der Waals surface area contributed by atoms with Gasteiger partial charge in [-0.25, -0.2) is 0 Å². The minimum Gasteiger partial charge on any atom is -0.378 e. The summed E-state index contributed by atoms with van der Waals surface area (Å²) >= 11 is 0. The number of fused-ring (bicyclic) bond motifs is 1. The molecule has 0 radical (unpaired) electrons. The molecule has 1 aliphatic carbocycles. The van der Waals surface area contributed by atoms with Gasteiger partial charge in [0.05, 0.1) is 0 Å².